The van der Waals surface area contributed by atoms with Gasteiger partial charge in [0, 0.05) is 10.5 Å². The molecular formula is C14H11BrCl2N2O2. The maximum atomic E-state index is 8.84. The number of benzene rings is 2. The Morgan fingerprint density at radius 1 is 1.19 bits per heavy atom. The molecule has 0 saturated carbocycles. The quantitative estimate of drug-likeness (QED) is 0.256. The summed E-state index contributed by atoms with van der Waals surface area (Å²) >= 11 is 15.5. The number of nitrogens with two attached hydrogens (primary N) is 1. The van der Waals surface area contributed by atoms with Crippen LogP contribution in [0.3, 0.4) is 0 Å². The van der Waals surface area contributed by atoms with Crippen molar-refractivity contribution in [3.05, 3.63) is 56.0 Å². The Hall–Kier alpha value is -1.43. The number of rotatable bonds is 3. The van der Waals surface area contributed by atoms with Crippen molar-refractivity contribution < 1.29 is 9.94 Å². The van der Waals surface area contributed by atoms with Crippen molar-refractivity contribution in [1.82, 2.24) is 0 Å². The van der Waals surface area contributed by atoms with E-state index in [1.165, 1.54) is 0 Å². The van der Waals surface area contributed by atoms with Crippen LogP contribution in [0.4, 0.5) is 0 Å². The van der Waals surface area contributed by atoms with Crippen molar-refractivity contribution in [3.63, 3.8) is 0 Å². The maximum Gasteiger partial charge on any atom is 0.173 e. The molecule has 0 spiro atoms. The van der Waals surface area contributed by atoms with Crippen LogP contribution in [-0.4, -0.2) is 11.0 Å². The Kier molecular flexibility index (Phi) is 4.98. The van der Waals surface area contributed by atoms with Gasteiger partial charge in [-0.1, -0.05) is 34.4 Å². The fraction of sp³-hybridized carbons (Fsp3) is 0.0714. The Labute approximate surface area is 140 Å². The zero-order chi connectivity index (χ0) is 15.6. The van der Waals surface area contributed by atoms with E-state index < -0.39 is 0 Å². The molecule has 0 atom stereocenters. The van der Waals surface area contributed by atoms with Crippen molar-refractivity contribution in [3.8, 4) is 11.5 Å². The minimum absolute atomic E-state index is 0.0515. The molecule has 7 heteroatoms. The van der Waals surface area contributed by atoms with E-state index >= 15 is 0 Å². The third-order valence-electron chi connectivity index (χ3n) is 2.72. The fourth-order valence-corrected chi connectivity index (χ4v) is 2.51. The van der Waals surface area contributed by atoms with E-state index in [1.54, 1.807) is 24.3 Å². The lowest BCUT2D eigenvalue weighted by molar-refractivity contribution is 0.318. The summed E-state index contributed by atoms with van der Waals surface area (Å²) in [4.78, 5) is 0. The molecule has 0 saturated heterocycles. The molecule has 4 nitrogen and oxygen atoms in total. The molecule has 3 N–H and O–H groups in total. The van der Waals surface area contributed by atoms with Crippen molar-refractivity contribution in [2.75, 3.05) is 0 Å². The molecule has 21 heavy (non-hydrogen) atoms. The van der Waals surface area contributed by atoms with Crippen LogP contribution in [0.2, 0.25) is 10.0 Å². The molecule has 110 valence electrons. The first-order valence-corrected chi connectivity index (χ1v) is 7.38. The van der Waals surface area contributed by atoms with Gasteiger partial charge in [-0.25, -0.2) is 0 Å². The van der Waals surface area contributed by atoms with Gasteiger partial charge in [0.25, 0.3) is 0 Å². The van der Waals surface area contributed by atoms with Gasteiger partial charge >= 0.3 is 0 Å². The lowest BCUT2D eigenvalue weighted by Crippen LogP contribution is -2.14. The number of nitrogens with zero attached hydrogens (tertiary/aromatic N) is 1. The number of hydrogen-bond donors (Lipinski definition) is 2. The number of amidine groups is 1. The zero-order valence-corrected chi connectivity index (χ0v) is 14.0. The number of ether oxygens (including phenoxy) is 1. The third-order valence-corrected chi connectivity index (χ3v) is 4.21. The van der Waals surface area contributed by atoms with Crippen LogP contribution in [0.15, 0.2) is 40.0 Å². The zero-order valence-electron chi connectivity index (χ0n) is 10.9. The highest BCUT2D eigenvalue weighted by atomic mass is 79.9. The summed E-state index contributed by atoms with van der Waals surface area (Å²) in [7, 11) is 0. The van der Waals surface area contributed by atoms with Crippen LogP contribution >= 0.6 is 39.1 Å². The van der Waals surface area contributed by atoms with Gasteiger partial charge in [-0.2, -0.15) is 0 Å². The first kappa shape index (κ1) is 15.9. The highest BCUT2D eigenvalue weighted by Crippen LogP contribution is 2.37. The molecule has 0 aliphatic carbocycles. The van der Waals surface area contributed by atoms with E-state index in [2.05, 4.69) is 21.1 Å². The second-order valence-corrected chi connectivity index (χ2v) is 5.95. The Bertz CT molecular complexity index is 720. The smallest absolute Gasteiger partial charge is 0.173 e. The van der Waals surface area contributed by atoms with Crippen LogP contribution in [0.25, 0.3) is 0 Å². The Morgan fingerprint density at radius 2 is 1.90 bits per heavy atom. The molecule has 0 aromatic heterocycles. The number of halogens is 3. The molecule has 0 radical (unpaired) electrons. The van der Waals surface area contributed by atoms with Crippen LogP contribution in [0.5, 0.6) is 11.5 Å². The average molecular weight is 390 g/mol. The normalized spacial score (nSPS) is 11.5. The van der Waals surface area contributed by atoms with Crippen molar-refractivity contribution in [1.29, 1.82) is 0 Å². The minimum Gasteiger partial charge on any atom is -0.455 e. The predicted octanol–water partition coefficient (Wildman–Crippen LogP) is 4.95. The second-order valence-electron chi connectivity index (χ2n) is 4.28. The van der Waals surface area contributed by atoms with E-state index in [9.17, 15) is 0 Å². The average Bonchev–Trinajstić information content (AvgIpc) is 2.44. The minimum atomic E-state index is -0.0515. The van der Waals surface area contributed by atoms with Gasteiger partial charge in [0.15, 0.2) is 5.84 Å². The summed E-state index contributed by atoms with van der Waals surface area (Å²) in [5.74, 6) is 0.748. The van der Waals surface area contributed by atoms with E-state index in [1.807, 2.05) is 13.0 Å². The molecule has 0 heterocycles. The number of hydrogen-bond acceptors (Lipinski definition) is 3. The van der Waals surface area contributed by atoms with Gasteiger partial charge in [0.2, 0.25) is 0 Å². The monoisotopic (exact) mass is 388 g/mol. The van der Waals surface area contributed by atoms with Crippen LogP contribution in [-0.2, 0) is 0 Å². The van der Waals surface area contributed by atoms with Crippen LogP contribution in [0, 0.1) is 6.92 Å². The van der Waals surface area contributed by atoms with E-state index in [0.29, 0.717) is 31.6 Å². The summed E-state index contributed by atoms with van der Waals surface area (Å²) in [6, 6.07) is 8.52. The second kappa shape index (κ2) is 6.56. The van der Waals surface area contributed by atoms with E-state index in [-0.39, 0.29) is 5.84 Å². The summed E-state index contributed by atoms with van der Waals surface area (Å²) in [6.45, 7) is 1.90. The van der Waals surface area contributed by atoms with Gasteiger partial charge in [-0.3, -0.25) is 0 Å². The molecule has 2 aromatic carbocycles. The molecule has 0 bridgehead atoms. The Morgan fingerprint density at radius 3 is 2.57 bits per heavy atom. The van der Waals surface area contributed by atoms with Crippen molar-refractivity contribution >= 4 is 45.0 Å². The van der Waals surface area contributed by atoms with Crippen LogP contribution in [0.1, 0.15) is 11.1 Å². The SMILES string of the molecule is Cc1ccc(/C(N)=N/O)c(Oc2cc(Cl)c(Br)cc2Cl)c1. The number of aryl methyl sites for hydroxylation is 1. The van der Waals surface area contributed by atoms with E-state index in [4.69, 9.17) is 38.9 Å². The lowest BCUT2D eigenvalue weighted by Gasteiger charge is -2.13. The summed E-state index contributed by atoms with van der Waals surface area (Å²) in [6.07, 6.45) is 0. The Balaban J connectivity index is 2.49. The molecule has 0 aliphatic heterocycles. The van der Waals surface area contributed by atoms with Gasteiger partial charge in [-0.15, -0.1) is 0 Å². The topological polar surface area (TPSA) is 67.8 Å². The molecule has 0 aliphatic rings. The highest BCUT2D eigenvalue weighted by Gasteiger charge is 2.13. The molecule has 2 rings (SSSR count). The maximum absolute atomic E-state index is 8.84. The third kappa shape index (κ3) is 3.61. The standard InChI is InChI=1S/C14H11BrCl2N2O2/c1-7-2-3-8(14(18)19-20)12(4-7)21-13-6-10(16)9(15)5-11(13)17/h2-6,20H,1H3,(H2,18,19). The molecule has 0 amide bonds. The lowest BCUT2D eigenvalue weighted by atomic mass is 10.1. The van der Waals surface area contributed by atoms with Gasteiger partial charge in [-0.05, 0) is 46.6 Å². The van der Waals surface area contributed by atoms with E-state index in [0.717, 1.165) is 5.56 Å². The van der Waals surface area contributed by atoms with Crippen LogP contribution < -0.4 is 10.5 Å². The molecule has 0 fully saturated rings. The van der Waals surface area contributed by atoms with Gasteiger partial charge < -0.3 is 15.7 Å². The molecular weight excluding hydrogens is 379 g/mol. The first-order chi connectivity index (χ1) is 9.92. The first-order valence-electron chi connectivity index (χ1n) is 5.83. The summed E-state index contributed by atoms with van der Waals surface area (Å²) in [5.41, 5.74) is 7.06. The fourth-order valence-electron chi connectivity index (χ4n) is 1.68. The molecule has 0 unspecified atom stereocenters. The largest absolute Gasteiger partial charge is 0.455 e. The van der Waals surface area contributed by atoms with Crippen molar-refractivity contribution in [2.45, 2.75) is 6.92 Å². The highest BCUT2D eigenvalue weighted by molar-refractivity contribution is 9.10. The summed E-state index contributed by atoms with van der Waals surface area (Å²) in [5, 5.41) is 12.7. The number of oxime groups is 1. The molecule has 2 aromatic rings. The van der Waals surface area contributed by atoms with Gasteiger partial charge in [0.1, 0.15) is 11.5 Å². The summed E-state index contributed by atoms with van der Waals surface area (Å²) < 4.78 is 6.44. The van der Waals surface area contributed by atoms with Gasteiger partial charge in [0.05, 0.1) is 15.6 Å². The van der Waals surface area contributed by atoms with Crippen molar-refractivity contribution in [2.24, 2.45) is 10.9 Å². The predicted molar refractivity (Wildman–Crippen MR) is 87.9 cm³/mol.